The summed E-state index contributed by atoms with van der Waals surface area (Å²) in [6.07, 6.45) is 1.37. The van der Waals surface area contributed by atoms with Gasteiger partial charge in [0, 0.05) is 17.3 Å². The van der Waals surface area contributed by atoms with E-state index in [0.29, 0.717) is 5.56 Å². The summed E-state index contributed by atoms with van der Waals surface area (Å²) in [5.74, 6) is -1.75. The van der Waals surface area contributed by atoms with Crippen LogP contribution in [0, 0.1) is 0 Å². The number of hydrogen-bond donors (Lipinski definition) is 3. The van der Waals surface area contributed by atoms with Crippen LogP contribution >= 0.6 is 0 Å². The number of rotatable bonds is 4. The molecular weight excluding hydrogens is 290 g/mol. The van der Waals surface area contributed by atoms with Crippen LogP contribution in [0.3, 0.4) is 0 Å². The van der Waals surface area contributed by atoms with Crippen LogP contribution in [0.25, 0.3) is 0 Å². The molecule has 0 radical (unpaired) electrons. The van der Waals surface area contributed by atoms with Crippen molar-refractivity contribution in [2.75, 3.05) is 6.61 Å². The molecule has 0 atom stereocenters. The van der Waals surface area contributed by atoms with E-state index in [0.717, 1.165) is 0 Å². The molecule has 1 aromatic rings. The van der Waals surface area contributed by atoms with Crippen LogP contribution in [-0.4, -0.2) is 40.8 Å². The highest BCUT2D eigenvalue weighted by atomic mass is 16.5. The summed E-state index contributed by atoms with van der Waals surface area (Å²) in [7, 11) is 0. The van der Waals surface area contributed by atoms with Gasteiger partial charge >= 0.3 is 12.0 Å². The summed E-state index contributed by atoms with van der Waals surface area (Å²) in [5.41, 5.74) is -0.105. The highest BCUT2D eigenvalue weighted by molar-refractivity contribution is 5.99. The Morgan fingerprint density at radius 1 is 1.23 bits per heavy atom. The Kier molecular flexibility index (Phi) is 5.44. The predicted octanol–water partition coefficient (Wildman–Crippen LogP) is 0.998. The number of imide groups is 1. The van der Waals surface area contributed by atoms with Gasteiger partial charge in [0.15, 0.2) is 12.4 Å². The average Bonchev–Trinajstić information content (AvgIpc) is 2.83. The number of esters is 1. The summed E-state index contributed by atoms with van der Waals surface area (Å²) >= 11 is 0. The Bertz CT molecular complexity index is 598. The van der Waals surface area contributed by atoms with Crippen LogP contribution in [0.4, 0.5) is 4.79 Å². The molecule has 8 heteroatoms. The molecule has 1 heterocycles. The van der Waals surface area contributed by atoms with Gasteiger partial charge in [0.25, 0.3) is 5.91 Å². The molecule has 1 rings (SSSR count). The second kappa shape index (κ2) is 6.88. The smallest absolute Gasteiger partial charge is 0.355 e. The molecule has 0 saturated heterocycles. The van der Waals surface area contributed by atoms with Crippen molar-refractivity contribution < 1.29 is 23.9 Å². The molecule has 0 fully saturated rings. The van der Waals surface area contributed by atoms with E-state index >= 15 is 0 Å². The number of nitrogens with one attached hydrogen (secondary N) is 3. The van der Waals surface area contributed by atoms with E-state index < -0.39 is 30.1 Å². The largest absolute Gasteiger partial charge is 0.451 e. The standard InChI is InChI=1S/C14H19N3O5/c1-8(18)9-5-10(15-6-9)12(20)22-7-11(19)16-13(21)17-14(2,3)4/h5-6,15H,7H2,1-4H3,(H2,16,17,19,21). The topological polar surface area (TPSA) is 117 Å². The molecule has 3 amide bonds. The Hall–Kier alpha value is -2.64. The van der Waals surface area contributed by atoms with Crippen LogP contribution in [0.2, 0.25) is 0 Å². The molecule has 0 aliphatic carbocycles. The lowest BCUT2D eigenvalue weighted by Crippen LogP contribution is -2.49. The third kappa shape index (κ3) is 5.78. The van der Waals surface area contributed by atoms with Crippen molar-refractivity contribution in [3.05, 3.63) is 23.5 Å². The van der Waals surface area contributed by atoms with Gasteiger partial charge in [-0.25, -0.2) is 9.59 Å². The van der Waals surface area contributed by atoms with Crippen molar-refractivity contribution in [2.24, 2.45) is 0 Å². The first-order valence-electron chi connectivity index (χ1n) is 6.57. The Morgan fingerprint density at radius 3 is 2.36 bits per heavy atom. The van der Waals surface area contributed by atoms with Gasteiger partial charge < -0.3 is 15.0 Å². The number of hydrogen-bond acceptors (Lipinski definition) is 5. The lowest BCUT2D eigenvalue weighted by atomic mass is 10.1. The molecule has 0 spiro atoms. The predicted molar refractivity (Wildman–Crippen MR) is 77.5 cm³/mol. The van der Waals surface area contributed by atoms with E-state index in [9.17, 15) is 19.2 Å². The van der Waals surface area contributed by atoms with E-state index in [1.165, 1.54) is 19.2 Å². The van der Waals surface area contributed by atoms with Crippen LogP contribution < -0.4 is 10.6 Å². The fourth-order valence-electron chi connectivity index (χ4n) is 1.46. The number of ketones is 1. The number of carbonyl (C=O) groups is 4. The van der Waals surface area contributed by atoms with Crippen LogP contribution in [0.15, 0.2) is 12.3 Å². The SMILES string of the molecule is CC(=O)c1c[nH]c(C(=O)OCC(=O)NC(=O)NC(C)(C)C)c1. The average molecular weight is 309 g/mol. The van der Waals surface area contributed by atoms with E-state index in [1.807, 2.05) is 5.32 Å². The Morgan fingerprint density at radius 2 is 1.86 bits per heavy atom. The first-order valence-corrected chi connectivity index (χ1v) is 6.57. The van der Waals surface area contributed by atoms with Gasteiger partial charge in [-0.1, -0.05) is 0 Å². The van der Waals surface area contributed by atoms with Gasteiger partial charge in [-0.05, 0) is 33.8 Å². The molecule has 1 aromatic heterocycles. The summed E-state index contributed by atoms with van der Waals surface area (Å²) in [6.45, 7) is 6.03. The number of aromatic amines is 1. The summed E-state index contributed by atoms with van der Waals surface area (Å²) in [4.78, 5) is 48.2. The van der Waals surface area contributed by atoms with Gasteiger partial charge in [-0.2, -0.15) is 0 Å². The number of H-pyrrole nitrogens is 1. The van der Waals surface area contributed by atoms with Crippen LogP contribution in [0.5, 0.6) is 0 Å². The molecule has 120 valence electrons. The van der Waals surface area contributed by atoms with Crippen molar-refractivity contribution in [3.8, 4) is 0 Å². The Labute approximate surface area is 127 Å². The van der Waals surface area contributed by atoms with Crippen molar-refractivity contribution >= 4 is 23.7 Å². The maximum absolute atomic E-state index is 11.7. The van der Waals surface area contributed by atoms with E-state index in [1.54, 1.807) is 20.8 Å². The van der Waals surface area contributed by atoms with Gasteiger partial charge in [-0.3, -0.25) is 14.9 Å². The number of urea groups is 1. The van der Waals surface area contributed by atoms with Crippen molar-refractivity contribution in [1.82, 2.24) is 15.6 Å². The number of aromatic nitrogens is 1. The molecule has 0 aliphatic heterocycles. The highest BCUT2D eigenvalue weighted by Gasteiger charge is 2.17. The van der Waals surface area contributed by atoms with E-state index in [-0.39, 0.29) is 11.5 Å². The van der Waals surface area contributed by atoms with Crippen LogP contribution in [0.1, 0.15) is 48.5 Å². The quantitative estimate of drug-likeness (QED) is 0.566. The minimum atomic E-state index is -0.793. The zero-order valence-corrected chi connectivity index (χ0v) is 12.9. The molecule has 0 aromatic carbocycles. The molecule has 3 N–H and O–H groups in total. The minimum absolute atomic E-state index is 0.0529. The van der Waals surface area contributed by atoms with Gasteiger partial charge in [0.2, 0.25) is 0 Å². The maximum Gasteiger partial charge on any atom is 0.355 e. The molecule has 8 nitrogen and oxygen atoms in total. The van der Waals surface area contributed by atoms with E-state index in [2.05, 4.69) is 10.3 Å². The Balaban J connectivity index is 2.44. The van der Waals surface area contributed by atoms with Crippen LogP contribution in [-0.2, 0) is 9.53 Å². The summed E-state index contributed by atoms with van der Waals surface area (Å²) in [6, 6.07) is 0.654. The lowest BCUT2D eigenvalue weighted by Gasteiger charge is -2.20. The van der Waals surface area contributed by atoms with E-state index in [4.69, 9.17) is 4.74 Å². The van der Waals surface area contributed by atoms with Gasteiger partial charge in [-0.15, -0.1) is 0 Å². The number of amides is 3. The van der Waals surface area contributed by atoms with Crippen molar-refractivity contribution in [2.45, 2.75) is 33.2 Å². The van der Waals surface area contributed by atoms with Gasteiger partial charge in [0.1, 0.15) is 5.69 Å². The number of Topliss-reactive ketones (excluding diaryl/α,β-unsaturated/α-hetero) is 1. The normalized spacial score (nSPS) is 10.7. The maximum atomic E-state index is 11.7. The highest BCUT2D eigenvalue weighted by Crippen LogP contribution is 2.05. The molecule has 22 heavy (non-hydrogen) atoms. The molecule has 0 bridgehead atoms. The van der Waals surface area contributed by atoms with Crippen molar-refractivity contribution in [3.63, 3.8) is 0 Å². The number of carbonyl (C=O) groups excluding carboxylic acids is 4. The second-order valence-electron chi connectivity index (χ2n) is 5.69. The monoisotopic (exact) mass is 309 g/mol. The minimum Gasteiger partial charge on any atom is -0.451 e. The number of ether oxygens (including phenoxy) is 1. The zero-order chi connectivity index (χ0) is 16.9. The first kappa shape index (κ1) is 17.4. The molecule has 0 aliphatic rings. The van der Waals surface area contributed by atoms with Crippen molar-refractivity contribution in [1.29, 1.82) is 0 Å². The summed E-state index contributed by atoms with van der Waals surface area (Å²) < 4.78 is 4.74. The molecular formula is C14H19N3O5. The zero-order valence-electron chi connectivity index (χ0n) is 12.9. The third-order valence-corrected chi connectivity index (χ3v) is 2.39. The molecule has 0 unspecified atom stereocenters. The summed E-state index contributed by atoms with van der Waals surface area (Å²) in [5, 5.41) is 4.57. The third-order valence-electron chi connectivity index (χ3n) is 2.39. The van der Waals surface area contributed by atoms with Gasteiger partial charge in [0.05, 0.1) is 0 Å². The fourth-order valence-corrected chi connectivity index (χ4v) is 1.46. The first-order chi connectivity index (χ1) is 10.1. The molecule has 0 saturated carbocycles. The second-order valence-corrected chi connectivity index (χ2v) is 5.69. The lowest BCUT2D eigenvalue weighted by molar-refractivity contribution is -0.123. The fraction of sp³-hybridized carbons (Fsp3) is 0.429.